The molecular weight excluding hydrogens is 386 g/mol. The fourth-order valence-electron chi connectivity index (χ4n) is 4.47. The second-order valence-corrected chi connectivity index (χ2v) is 15.2. The second kappa shape index (κ2) is 6.51. The molecule has 0 aliphatic rings. The zero-order chi connectivity index (χ0) is 20.3. The van der Waals surface area contributed by atoms with Crippen molar-refractivity contribution in [3.63, 3.8) is 0 Å². The maximum absolute atomic E-state index is 2.47. The van der Waals surface area contributed by atoms with Crippen molar-refractivity contribution in [1.29, 1.82) is 0 Å². The summed E-state index contributed by atoms with van der Waals surface area (Å²) in [4.78, 5) is 0. The van der Waals surface area contributed by atoms with Gasteiger partial charge in [0, 0.05) is 37.7 Å². The molecule has 0 spiro atoms. The molecule has 29 heavy (non-hydrogen) atoms. The van der Waals surface area contributed by atoms with Gasteiger partial charge < -0.3 is 0 Å². The topological polar surface area (TPSA) is 3.88 Å². The first-order chi connectivity index (χ1) is 13.8. The molecule has 0 aliphatic heterocycles. The smallest absolute Gasteiger partial charge is 0.194 e. The molecule has 0 aliphatic carbocycles. The Balaban J connectivity index is 1.86. The Morgan fingerprint density at radius 3 is 2.21 bits per heavy atom. The average Bonchev–Trinajstić information content (AvgIpc) is 3.05. The average molecular weight is 413 g/mol. The van der Waals surface area contributed by atoms with Crippen molar-refractivity contribution in [2.24, 2.45) is 7.05 Å². The van der Waals surface area contributed by atoms with Crippen LogP contribution in [-0.2, 0) is 7.05 Å². The molecule has 0 N–H and O–H groups in total. The van der Waals surface area contributed by atoms with Gasteiger partial charge in [-0.15, -0.1) is 11.3 Å². The van der Waals surface area contributed by atoms with Gasteiger partial charge in [-0.3, -0.25) is 0 Å². The Morgan fingerprint density at radius 1 is 0.759 bits per heavy atom. The van der Waals surface area contributed by atoms with E-state index in [4.69, 9.17) is 0 Å². The minimum Gasteiger partial charge on any atom is -0.194 e. The van der Waals surface area contributed by atoms with E-state index in [0.717, 1.165) is 0 Å². The summed E-state index contributed by atoms with van der Waals surface area (Å²) < 4.78 is 5.11. The summed E-state index contributed by atoms with van der Waals surface area (Å²) in [7, 11) is 0.715. The molecule has 144 valence electrons. The molecule has 3 aromatic carbocycles. The summed E-state index contributed by atoms with van der Waals surface area (Å²) in [6.07, 6.45) is 0. The fourth-order valence-corrected chi connectivity index (χ4v) is 7.19. The molecule has 0 atom stereocenters. The molecule has 2 heterocycles. The van der Waals surface area contributed by atoms with Crippen molar-refractivity contribution in [2.75, 3.05) is 0 Å². The summed E-state index contributed by atoms with van der Waals surface area (Å²) in [5, 5.41) is 5.68. The zero-order valence-electron chi connectivity index (χ0n) is 17.7. The third kappa shape index (κ3) is 2.92. The van der Waals surface area contributed by atoms with Gasteiger partial charge in [0.15, 0.2) is 0 Å². The molecule has 5 rings (SSSR count). The largest absolute Gasteiger partial charge is 0.212 e. The van der Waals surface area contributed by atoms with E-state index in [9.17, 15) is 0 Å². The van der Waals surface area contributed by atoms with Crippen LogP contribution in [0.3, 0.4) is 0 Å². The van der Waals surface area contributed by atoms with Crippen LogP contribution < -0.4 is 9.75 Å². The van der Waals surface area contributed by atoms with Gasteiger partial charge in [-0.2, -0.15) is 4.57 Å². The van der Waals surface area contributed by atoms with Gasteiger partial charge in [-0.25, -0.2) is 0 Å². The van der Waals surface area contributed by atoms with Crippen LogP contribution in [0.15, 0.2) is 66.7 Å². The van der Waals surface area contributed by atoms with E-state index in [0.29, 0.717) is 0 Å². The number of nitrogens with zero attached hydrogens (tertiary/aromatic N) is 1. The number of aromatic nitrogens is 1. The third-order valence-electron chi connectivity index (χ3n) is 6.01. The number of aryl methyl sites for hydroxylation is 2. The monoisotopic (exact) mass is 412 g/mol. The first-order valence-electron chi connectivity index (χ1n) is 10.2. The summed E-state index contributed by atoms with van der Waals surface area (Å²) in [5.74, 6) is 0. The lowest BCUT2D eigenvalue weighted by atomic mass is 10.0. The van der Waals surface area contributed by atoms with E-state index in [-0.39, 0.29) is 0 Å². The lowest BCUT2D eigenvalue weighted by Crippen LogP contribution is -2.43. The van der Waals surface area contributed by atoms with Crippen LogP contribution in [-0.4, -0.2) is 8.07 Å². The van der Waals surface area contributed by atoms with E-state index in [1.807, 2.05) is 11.3 Å². The van der Waals surface area contributed by atoms with Crippen molar-refractivity contribution in [3.8, 4) is 11.3 Å². The molecule has 0 saturated heterocycles. The van der Waals surface area contributed by atoms with Gasteiger partial charge in [0.05, 0.1) is 13.6 Å². The summed E-state index contributed by atoms with van der Waals surface area (Å²) in [6, 6.07) is 24.9. The van der Waals surface area contributed by atoms with E-state index in [2.05, 4.69) is 105 Å². The minimum atomic E-state index is -1.49. The Morgan fingerprint density at radius 2 is 1.45 bits per heavy atom. The zero-order valence-corrected chi connectivity index (χ0v) is 19.5. The van der Waals surface area contributed by atoms with Crippen LogP contribution in [0.25, 0.3) is 42.3 Å². The molecule has 0 saturated carbocycles. The van der Waals surface area contributed by atoms with Crippen molar-refractivity contribution < 1.29 is 4.57 Å². The Kier molecular flexibility index (Phi) is 4.16. The fraction of sp³-hybridized carbons (Fsp3) is 0.192. The first-order valence-corrected chi connectivity index (χ1v) is 14.5. The number of para-hydroxylation sites is 1. The Bertz CT molecular complexity index is 1410. The highest BCUT2D eigenvalue weighted by Crippen LogP contribution is 2.37. The van der Waals surface area contributed by atoms with E-state index < -0.39 is 8.07 Å². The highest BCUT2D eigenvalue weighted by atomic mass is 32.1. The number of pyridine rings is 1. The predicted molar refractivity (Wildman–Crippen MR) is 131 cm³/mol. The molecule has 1 nitrogen and oxygen atoms in total. The van der Waals surface area contributed by atoms with E-state index in [1.165, 1.54) is 53.1 Å². The number of rotatable bonds is 2. The highest BCUT2D eigenvalue weighted by molar-refractivity contribution is 7.25. The molecule has 0 amide bonds. The summed E-state index contributed by atoms with van der Waals surface area (Å²) in [5.41, 5.74) is 5.32. The number of hydrogen-bond donors (Lipinski definition) is 0. The minimum absolute atomic E-state index is 1.32. The molecule has 5 aromatic rings. The SMILES string of the molecule is Cc1cc2c(cc1-c1cc([Si](C)(C)C)c3ccccc3[n+]1C)sc1ccccc12. The van der Waals surface area contributed by atoms with Crippen molar-refractivity contribution >= 4 is 55.7 Å². The van der Waals surface area contributed by atoms with Gasteiger partial charge in [0.1, 0.15) is 7.05 Å². The molecule has 0 fully saturated rings. The number of benzene rings is 3. The van der Waals surface area contributed by atoms with Crippen molar-refractivity contribution in [3.05, 3.63) is 72.3 Å². The maximum Gasteiger partial charge on any atom is 0.212 e. The Labute approximate surface area is 177 Å². The first kappa shape index (κ1) is 18.5. The van der Waals surface area contributed by atoms with Crippen molar-refractivity contribution in [2.45, 2.75) is 26.6 Å². The highest BCUT2D eigenvalue weighted by Gasteiger charge is 2.26. The third-order valence-corrected chi connectivity index (χ3v) is 9.17. The van der Waals surface area contributed by atoms with Gasteiger partial charge in [-0.1, -0.05) is 50.0 Å². The van der Waals surface area contributed by atoms with Crippen LogP contribution in [0.2, 0.25) is 19.6 Å². The standard InChI is InChI=1S/C26H26NSSi/c1-17-14-21-18-10-7-9-13-24(18)28-25(21)15-20(17)23-16-26(29(3,4)5)19-11-6-8-12-22(19)27(23)2/h6-16H,1-5H3/q+1. The lowest BCUT2D eigenvalue weighted by Gasteiger charge is -2.20. The number of hydrogen-bond acceptors (Lipinski definition) is 1. The van der Waals surface area contributed by atoms with Crippen molar-refractivity contribution in [1.82, 2.24) is 0 Å². The molecule has 2 aromatic heterocycles. The van der Waals surface area contributed by atoms with E-state index in [1.54, 1.807) is 0 Å². The van der Waals surface area contributed by atoms with Crippen LogP contribution in [0.4, 0.5) is 0 Å². The normalized spacial score (nSPS) is 12.3. The van der Waals surface area contributed by atoms with Gasteiger partial charge in [0.25, 0.3) is 0 Å². The molecule has 3 heteroatoms. The van der Waals surface area contributed by atoms with Gasteiger partial charge >= 0.3 is 0 Å². The number of thiophene rings is 1. The van der Waals surface area contributed by atoms with Crippen LogP contribution in [0.5, 0.6) is 0 Å². The summed E-state index contributed by atoms with van der Waals surface area (Å²) in [6.45, 7) is 9.59. The molecule has 0 radical (unpaired) electrons. The second-order valence-electron chi connectivity index (χ2n) is 9.03. The van der Waals surface area contributed by atoms with Crippen LogP contribution >= 0.6 is 11.3 Å². The predicted octanol–water partition coefficient (Wildman–Crippen LogP) is 6.55. The van der Waals surface area contributed by atoms with E-state index >= 15 is 0 Å². The summed E-state index contributed by atoms with van der Waals surface area (Å²) >= 11 is 1.90. The lowest BCUT2D eigenvalue weighted by molar-refractivity contribution is -0.633. The molecule has 0 unspecified atom stereocenters. The molecular formula is C26H26NSSi+. The Hall–Kier alpha value is -2.49. The van der Waals surface area contributed by atoms with Crippen LogP contribution in [0.1, 0.15) is 5.56 Å². The molecule has 0 bridgehead atoms. The maximum atomic E-state index is 2.47. The van der Waals surface area contributed by atoms with Crippen LogP contribution in [0, 0.1) is 6.92 Å². The van der Waals surface area contributed by atoms with Gasteiger partial charge in [-0.05, 0) is 41.9 Å². The quantitative estimate of drug-likeness (QED) is 0.228. The van der Waals surface area contributed by atoms with Gasteiger partial charge in [0.2, 0.25) is 11.2 Å². The number of fused-ring (bicyclic) bond motifs is 4.